The van der Waals surface area contributed by atoms with Gasteiger partial charge in [-0.15, -0.1) is 12.8 Å². The molecule has 5 aliphatic carbocycles. The monoisotopic (exact) mass is 486 g/mol. The molecule has 0 aliphatic heterocycles. The molecule has 0 radical (unpaired) electrons. The van der Waals surface area contributed by atoms with Crippen LogP contribution in [0.5, 0.6) is 0 Å². The number of hydrogen-bond donors (Lipinski definition) is 3. The first-order chi connectivity index (χ1) is 16.2. The summed E-state index contributed by atoms with van der Waals surface area (Å²) in [7, 11) is 0. The van der Waals surface area contributed by atoms with Crippen molar-refractivity contribution in [3.8, 4) is 12.8 Å². The van der Waals surface area contributed by atoms with Crippen molar-refractivity contribution < 1.29 is 15.3 Å². The molecule has 0 saturated heterocycles. The van der Waals surface area contributed by atoms with E-state index in [9.17, 15) is 15.3 Å². The number of rotatable bonds is 5. The molecule has 5 saturated carbocycles. The van der Waals surface area contributed by atoms with Crippen LogP contribution in [0, 0.1) is 70.0 Å². The molecule has 0 amide bonds. The Morgan fingerprint density at radius 2 is 1.60 bits per heavy atom. The first-order valence-corrected chi connectivity index (χ1v) is 14.7. The van der Waals surface area contributed by atoms with Crippen molar-refractivity contribution in [3.05, 3.63) is 0 Å². The standard InChI is InChI=1S/C30H52O3.C2H2/c1-18(9-12-24(32)27(5,6)33)25-22(31)17-21-20-10-11-23-26(3,4)13-8-14-30(23)19(2)29(20,30)16-15-28(21,25)7;1-2/h18-25,31-33H,8-17H2,1-7H3;1-2H/t18-,19+,20+,21?,22+,23?,24-,25?,28+,29+,30?;/m1./s1. The summed E-state index contributed by atoms with van der Waals surface area (Å²) in [5.41, 5.74) is 0.794. The Hall–Kier alpha value is -0.560. The molecule has 3 N–H and O–H groups in total. The molecule has 5 aliphatic rings. The maximum absolute atomic E-state index is 11.4. The molecule has 200 valence electrons. The fourth-order valence-corrected chi connectivity index (χ4v) is 11.7. The topological polar surface area (TPSA) is 60.7 Å². The minimum absolute atomic E-state index is 0.213. The Morgan fingerprint density at radius 1 is 0.943 bits per heavy atom. The summed E-state index contributed by atoms with van der Waals surface area (Å²) in [6.45, 7) is 15.9. The number of aliphatic hydroxyl groups excluding tert-OH is 2. The highest BCUT2D eigenvalue weighted by atomic mass is 16.3. The second kappa shape index (κ2) is 8.74. The predicted molar refractivity (Wildman–Crippen MR) is 143 cm³/mol. The lowest BCUT2D eigenvalue weighted by molar-refractivity contribution is -0.0996. The Labute approximate surface area is 215 Å². The van der Waals surface area contributed by atoms with E-state index in [4.69, 9.17) is 0 Å². The Kier molecular flexibility index (Phi) is 6.86. The molecular weight excluding hydrogens is 432 g/mol. The SMILES string of the molecule is C#C.C[C@H](CC[C@@H](O)C(C)(C)O)C1[C@@H](O)CC2[C@@H]3CCC4C(C)(C)CCCC45[C@@H](C)[C@@]35CC[C@]12C. The number of fused-ring (bicyclic) bond motifs is 2. The van der Waals surface area contributed by atoms with Gasteiger partial charge in [0, 0.05) is 0 Å². The van der Waals surface area contributed by atoms with Gasteiger partial charge in [0.05, 0.1) is 17.8 Å². The van der Waals surface area contributed by atoms with Crippen LogP contribution in [0.4, 0.5) is 0 Å². The van der Waals surface area contributed by atoms with Crippen LogP contribution in [0.25, 0.3) is 0 Å². The number of aliphatic hydroxyl groups is 3. The molecule has 5 rings (SSSR count). The maximum Gasteiger partial charge on any atom is 0.0849 e. The van der Waals surface area contributed by atoms with E-state index >= 15 is 0 Å². The van der Waals surface area contributed by atoms with Gasteiger partial charge in [0.25, 0.3) is 0 Å². The first-order valence-electron chi connectivity index (χ1n) is 14.7. The number of terminal acetylenes is 1. The summed E-state index contributed by atoms with van der Waals surface area (Å²) in [5.74, 6) is 3.91. The summed E-state index contributed by atoms with van der Waals surface area (Å²) in [4.78, 5) is 0. The highest BCUT2D eigenvalue weighted by molar-refractivity contribution is 5.31. The van der Waals surface area contributed by atoms with Gasteiger partial charge in [-0.3, -0.25) is 0 Å². The second-order valence-electron chi connectivity index (χ2n) is 15.0. The maximum atomic E-state index is 11.4. The Morgan fingerprint density at radius 3 is 2.23 bits per heavy atom. The minimum atomic E-state index is -1.06. The Bertz CT molecular complexity index is 809. The third-order valence-electron chi connectivity index (χ3n) is 13.1. The highest BCUT2D eigenvalue weighted by Crippen LogP contribution is 2.89. The van der Waals surface area contributed by atoms with Crippen LogP contribution in [0.2, 0.25) is 0 Å². The van der Waals surface area contributed by atoms with Gasteiger partial charge in [0.15, 0.2) is 0 Å². The normalized spacial score (nSPS) is 49.3. The van der Waals surface area contributed by atoms with E-state index in [1.165, 1.54) is 44.9 Å². The lowest BCUT2D eigenvalue weighted by Gasteiger charge is -2.58. The van der Waals surface area contributed by atoms with Gasteiger partial charge >= 0.3 is 0 Å². The van der Waals surface area contributed by atoms with E-state index in [-0.39, 0.29) is 11.5 Å². The van der Waals surface area contributed by atoms with E-state index < -0.39 is 11.7 Å². The van der Waals surface area contributed by atoms with E-state index in [0.717, 1.165) is 30.6 Å². The molecular formula is C32H54O3. The van der Waals surface area contributed by atoms with Crippen molar-refractivity contribution >= 4 is 0 Å². The van der Waals surface area contributed by atoms with Gasteiger partial charge in [-0.1, -0.05) is 41.0 Å². The third kappa shape index (κ3) is 3.63. The van der Waals surface area contributed by atoms with Crippen LogP contribution in [0.1, 0.15) is 113 Å². The van der Waals surface area contributed by atoms with Crippen molar-refractivity contribution in [2.75, 3.05) is 0 Å². The smallest absolute Gasteiger partial charge is 0.0849 e. The van der Waals surface area contributed by atoms with Gasteiger partial charge in [0.2, 0.25) is 0 Å². The fraction of sp³-hybridized carbons (Fsp3) is 0.938. The molecule has 3 heteroatoms. The largest absolute Gasteiger partial charge is 0.393 e. The molecule has 4 unspecified atom stereocenters. The lowest BCUT2D eigenvalue weighted by Crippen LogP contribution is -2.51. The zero-order chi connectivity index (χ0) is 26.2. The summed E-state index contributed by atoms with van der Waals surface area (Å²) in [5, 5.41) is 32.0. The van der Waals surface area contributed by atoms with Gasteiger partial charge in [0.1, 0.15) is 0 Å². The van der Waals surface area contributed by atoms with Gasteiger partial charge in [-0.25, -0.2) is 0 Å². The van der Waals surface area contributed by atoms with Crippen LogP contribution in [0.3, 0.4) is 0 Å². The van der Waals surface area contributed by atoms with E-state index in [1.54, 1.807) is 13.8 Å². The number of hydrogen-bond acceptors (Lipinski definition) is 3. The summed E-state index contributed by atoms with van der Waals surface area (Å²) in [6.07, 6.45) is 19.3. The van der Waals surface area contributed by atoms with E-state index in [1.807, 2.05) is 0 Å². The molecule has 0 heterocycles. The van der Waals surface area contributed by atoms with Crippen LogP contribution in [-0.2, 0) is 0 Å². The van der Waals surface area contributed by atoms with Crippen molar-refractivity contribution in [1.82, 2.24) is 0 Å². The summed E-state index contributed by atoms with van der Waals surface area (Å²) >= 11 is 0. The van der Waals surface area contributed by atoms with Crippen molar-refractivity contribution in [1.29, 1.82) is 0 Å². The molecule has 0 aromatic carbocycles. The van der Waals surface area contributed by atoms with Crippen LogP contribution in [-0.4, -0.2) is 33.1 Å². The summed E-state index contributed by atoms with van der Waals surface area (Å²) in [6, 6.07) is 0. The van der Waals surface area contributed by atoms with Crippen LogP contribution in [0.15, 0.2) is 0 Å². The average molecular weight is 487 g/mol. The van der Waals surface area contributed by atoms with E-state index in [2.05, 4.69) is 47.5 Å². The highest BCUT2D eigenvalue weighted by Gasteiger charge is 2.83. The lowest BCUT2D eigenvalue weighted by atomic mass is 9.46. The minimum Gasteiger partial charge on any atom is -0.393 e. The average Bonchev–Trinajstić information content (AvgIpc) is 3.17. The molecule has 5 fully saturated rings. The third-order valence-corrected chi connectivity index (χ3v) is 13.1. The van der Waals surface area contributed by atoms with Gasteiger partial charge < -0.3 is 15.3 Å². The Balaban J connectivity index is 0.00000141. The molecule has 3 nitrogen and oxygen atoms in total. The van der Waals surface area contributed by atoms with Gasteiger partial charge in [-0.2, -0.15) is 0 Å². The molecule has 11 atom stereocenters. The molecule has 0 aromatic heterocycles. The molecule has 2 spiro atoms. The fourth-order valence-electron chi connectivity index (χ4n) is 11.7. The zero-order valence-electron chi connectivity index (χ0n) is 23.7. The van der Waals surface area contributed by atoms with Gasteiger partial charge in [-0.05, 0) is 129 Å². The van der Waals surface area contributed by atoms with E-state index in [0.29, 0.717) is 40.4 Å². The molecule has 0 bridgehead atoms. The molecule has 35 heavy (non-hydrogen) atoms. The quantitative estimate of drug-likeness (QED) is 0.392. The van der Waals surface area contributed by atoms with Crippen molar-refractivity contribution in [3.63, 3.8) is 0 Å². The van der Waals surface area contributed by atoms with Crippen LogP contribution < -0.4 is 0 Å². The molecule has 0 aromatic rings. The van der Waals surface area contributed by atoms with Crippen molar-refractivity contribution in [2.45, 2.75) is 130 Å². The summed E-state index contributed by atoms with van der Waals surface area (Å²) < 4.78 is 0. The predicted octanol–water partition coefficient (Wildman–Crippen LogP) is 6.44. The first kappa shape index (κ1) is 27.5. The van der Waals surface area contributed by atoms with Crippen molar-refractivity contribution in [2.24, 2.45) is 57.2 Å². The second-order valence-corrected chi connectivity index (χ2v) is 15.0. The van der Waals surface area contributed by atoms with Crippen LogP contribution >= 0.6 is 0 Å². The zero-order valence-corrected chi connectivity index (χ0v) is 23.7.